The fourth-order valence-electron chi connectivity index (χ4n) is 3.15. The number of nitriles is 1. The quantitative estimate of drug-likeness (QED) is 0.773. The van der Waals surface area contributed by atoms with Crippen LogP contribution in [0.3, 0.4) is 0 Å². The number of hydrogen-bond donors (Lipinski definition) is 1. The summed E-state index contributed by atoms with van der Waals surface area (Å²) in [5.74, 6) is 0.0979. The molecule has 0 radical (unpaired) electrons. The van der Waals surface area contributed by atoms with E-state index in [1.54, 1.807) is 0 Å². The second-order valence-electron chi connectivity index (χ2n) is 8.06. The minimum atomic E-state index is -0.499. The maximum atomic E-state index is 14.6. The fraction of sp³-hybridized carbons (Fsp3) is 0.450. The number of nitrogens with one attached hydrogen (secondary N) is 1. The summed E-state index contributed by atoms with van der Waals surface area (Å²) in [6.07, 6.45) is 1.45. The molecule has 3 heterocycles. The molecule has 29 heavy (non-hydrogen) atoms. The zero-order chi connectivity index (χ0) is 21.3. The summed E-state index contributed by atoms with van der Waals surface area (Å²) in [6.45, 7) is 7.82. The second kappa shape index (κ2) is 7.95. The van der Waals surface area contributed by atoms with Crippen molar-refractivity contribution < 1.29 is 9.18 Å². The van der Waals surface area contributed by atoms with Gasteiger partial charge in [-0.3, -0.25) is 19.1 Å². The van der Waals surface area contributed by atoms with Gasteiger partial charge in [0.1, 0.15) is 17.4 Å². The van der Waals surface area contributed by atoms with Crippen molar-refractivity contribution in [2.24, 2.45) is 5.92 Å². The van der Waals surface area contributed by atoms with Gasteiger partial charge in [-0.2, -0.15) is 5.26 Å². The lowest BCUT2D eigenvalue weighted by atomic mass is 9.90. The molecule has 0 spiro atoms. The highest BCUT2D eigenvalue weighted by atomic mass is 32.2. The van der Waals surface area contributed by atoms with Crippen LogP contribution in [-0.2, 0) is 16.8 Å². The van der Waals surface area contributed by atoms with E-state index in [1.165, 1.54) is 35.5 Å². The smallest absolute Gasteiger partial charge is 0.272 e. The summed E-state index contributed by atoms with van der Waals surface area (Å²) < 4.78 is 16.1. The summed E-state index contributed by atoms with van der Waals surface area (Å²) >= 11 is 1.38. The summed E-state index contributed by atoms with van der Waals surface area (Å²) in [6, 6.07) is 3.19. The number of thioether (sulfide) groups is 1. The lowest BCUT2D eigenvalue weighted by Crippen LogP contribution is -2.38. The van der Waals surface area contributed by atoms with Crippen LogP contribution >= 0.6 is 11.8 Å². The normalized spacial score (nSPS) is 16.1. The second-order valence-corrected chi connectivity index (χ2v) is 9.05. The van der Waals surface area contributed by atoms with Gasteiger partial charge in [-0.25, -0.2) is 9.37 Å². The van der Waals surface area contributed by atoms with E-state index in [0.29, 0.717) is 35.3 Å². The van der Waals surface area contributed by atoms with Crippen molar-refractivity contribution in [3.63, 3.8) is 0 Å². The molecule has 0 aromatic carbocycles. The molecule has 1 N–H and O–H groups in total. The van der Waals surface area contributed by atoms with Crippen LogP contribution in [-0.4, -0.2) is 32.7 Å². The number of rotatable bonds is 3. The highest BCUT2D eigenvalue weighted by Crippen LogP contribution is 2.30. The van der Waals surface area contributed by atoms with E-state index >= 15 is 0 Å². The fourth-order valence-corrected chi connectivity index (χ4v) is 4.23. The molecule has 7 nitrogen and oxygen atoms in total. The Morgan fingerprint density at radius 2 is 2.21 bits per heavy atom. The Labute approximate surface area is 172 Å². The van der Waals surface area contributed by atoms with Crippen LogP contribution in [0.25, 0.3) is 11.3 Å². The largest absolute Gasteiger partial charge is 0.356 e. The van der Waals surface area contributed by atoms with E-state index in [9.17, 15) is 19.2 Å². The first-order chi connectivity index (χ1) is 13.6. The molecule has 0 aliphatic carbocycles. The Kier molecular flexibility index (Phi) is 5.75. The summed E-state index contributed by atoms with van der Waals surface area (Å²) in [4.78, 5) is 32.8. The number of nitrogens with zero attached hydrogens (tertiary/aromatic N) is 4. The molecule has 9 heteroatoms. The van der Waals surface area contributed by atoms with Crippen LogP contribution in [0.15, 0.2) is 22.2 Å². The van der Waals surface area contributed by atoms with Crippen molar-refractivity contribution in [2.45, 2.75) is 44.8 Å². The Balaban J connectivity index is 2.02. The molecule has 3 rings (SSSR count). The molecule has 152 valence electrons. The molecule has 1 aliphatic rings. The summed E-state index contributed by atoms with van der Waals surface area (Å²) in [5, 5.41) is 12.8. The molecular weight excluding hydrogens is 393 g/mol. The maximum Gasteiger partial charge on any atom is 0.272 e. The van der Waals surface area contributed by atoms with Crippen molar-refractivity contribution in [3.8, 4) is 17.3 Å². The van der Waals surface area contributed by atoms with Gasteiger partial charge >= 0.3 is 0 Å². The first kappa shape index (κ1) is 21.0. The lowest BCUT2D eigenvalue weighted by Gasteiger charge is -2.25. The molecule has 1 amide bonds. The number of pyridine rings is 1. The Bertz CT molecular complexity index is 1070. The van der Waals surface area contributed by atoms with E-state index in [1.807, 2.05) is 26.8 Å². The van der Waals surface area contributed by atoms with E-state index in [4.69, 9.17) is 0 Å². The summed E-state index contributed by atoms with van der Waals surface area (Å²) in [5.41, 5.74) is -0.323. The number of carbonyl (C=O) groups is 1. The molecule has 0 bridgehead atoms. The van der Waals surface area contributed by atoms with Crippen LogP contribution in [0.2, 0.25) is 0 Å². The Morgan fingerprint density at radius 1 is 1.48 bits per heavy atom. The van der Waals surface area contributed by atoms with Gasteiger partial charge in [-0.15, -0.1) is 0 Å². The van der Waals surface area contributed by atoms with Crippen LogP contribution in [0.4, 0.5) is 4.39 Å². The molecule has 0 fully saturated rings. The molecule has 1 aliphatic heterocycles. The highest BCUT2D eigenvalue weighted by Gasteiger charge is 2.27. The van der Waals surface area contributed by atoms with Crippen LogP contribution in [0.1, 0.15) is 39.0 Å². The van der Waals surface area contributed by atoms with Gasteiger partial charge in [0.05, 0.1) is 11.4 Å². The molecule has 2 aromatic heterocycles. The van der Waals surface area contributed by atoms with Gasteiger partial charge in [0, 0.05) is 48.9 Å². The SMILES string of the molecule is CC(=O)NCC1CSc2nc(-c3cnc(C(C)(C)C)c(F)c3)c(C#N)c(=O)n2C1. The van der Waals surface area contributed by atoms with Crippen molar-refractivity contribution in [3.05, 3.63) is 39.7 Å². The first-order valence-electron chi connectivity index (χ1n) is 9.20. The van der Waals surface area contributed by atoms with Crippen LogP contribution < -0.4 is 10.9 Å². The molecule has 2 aromatic rings. The number of amides is 1. The van der Waals surface area contributed by atoms with Crippen molar-refractivity contribution in [2.75, 3.05) is 12.3 Å². The number of fused-ring (bicyclic) bond motifs is 1. The van der Waals surface area contributed by atoms with Gasteiger partial charge in [0.25, 0.3) is 5.56 Å². The van der Waals surface area contributed by atoms with Gasteiger partial charge < -0.3 is 5.32 Å². The standard InChI is InChI=1S/C20H22FN5O2S/c1-11(27)23-7-12-9-26-18(28)14(6-22)16(25-19(26)29-10-12)13-5-15(21)17(24-8-13)20(2,3)4/h5,8,12H,7,9-10H2,1-4H3,(H,23,27). The lowest BCUT2D eigenvalue weighted by molar-refractivity contribution is -0.119. The minimum Gasteiger partial charge on any atom is -0.356 e. The van der Waals surface area contributed by atoms with E-state index in [-0.39, 0.29) is 23.1 Å². The van der Waals surface area contributed by atoms with Gasteiger partial charge in [0.15, 0.2) is 5.16 Å². The third-order valence-electron chi connectivity index (χ3n) is 4.60. The zero-order valence-electron chi connectivity index (χ0n) is 16.7. The first-order valence-corrected chi connectivity index (χ1v) is 10.2. The average Bonchev–Trinajstić information content (AvgIpc) is 2.65. The van der Waals surface area contributed by atoms with Crippen molar-refractivity contribution in [1.29, 1.82) is 5.26 Å². The number of aromatic nitrogens is 3. The topological polar surface area (TPSA) is 101 Å². The predicted molar refractivity (Wildman–Crippen MR) is 108 cm³/mol. The third-order valence-corrected chi connectivity index (χ3v) is 5.81. The molecule has 0 saturated carbocycles. The van der Waals surface area contributed by atoms with Crippen LogP contribution in [0, 0.1) is 23.1 Å². The third kappa shape index (κ3) is 4.32. The van der Waals surface area contributed by atoms with E-state index in [0.717, 1.165) is 0 Å². The molecule has 1 atom stereocenters. The molecule has 0 saturated heterocycles. The minimum absolute atomic E-state index is 0.0541. The summed E-state index contributed by atoms with van der Waals surface area (Å²) in [7, 11) is 0. The van der Waals surface area contributed by atoms with Crippen molar-refractivity contribution >= 4 is 17.7 Å². The number of halogens is 1. The van der Waals surface area contributed by atoms with Gasteiger partial charge in [-0.05, 0) is 6.07 Å². The van der Waals surface area contributed by atoms with Crippen molar-refractivity contribution in [1.82, 2.24) is 19.9 Å². The Morgan fingerprint density at radius 3 is 2.79 bits per heavy atom. The Hall–Kier alpha value is -2.73. The molecular formula is C20H22FN5O2S. The molecule has 1 unspecified atom stereocenters. The van der Waals surface area contributed by atoms with Gasteiger partial charge in [0.2, 0.25) is 5.91 Å². The number of carbonyl (C=O) groups excluding carboxylic acids is 1. The zero-order valence-corrected chi connectivity index (χ0v) is 17.6. The monoisotopic (exact) mass is 415 g/mol. The van der Waals surface area contributed by atoms with E-state index in [2.05, 4.69) is 15.3 Å². The highest BCUT2D eigenvalue weighted by molar-refractivity contribution is 7.99. The predicted octanol–water partition coefficient (Wildman–Crippen LogP) is 2.47. The van der Waals surface area contributed by atoms with Crippen LogP contribution in [0.5, 0.6) is 0 Å². The van der Waals surface area contributed by atoms with Gasteiger partial charge in [-0.1, -0.05) is 32.5 Å². The average molecular weight is 415 g/mol. The van der Waals surface area contributed by atoms with E-state index < -0.39 is 16.8 Å². The maximum absolute atomic E-state index is 14.6. The number of hydrogen-bond acceptors (Lipinski definition) is 6.